The zero-order valence-corrected chi connectivity index (χ0v) is 14.3. The summed E-state index contributed by atoms with van der Waals surface area (Å²) in [6.45, 7) is 1.21. The third-order valence-corrected chi connectivity index (χ3v) is 4.91. The first-order valence-corrected chi connectivity index (χ1v) is 8.56. The summed E-state index contributed by atoms with van der Waals surface area (Å²) >= 11 is 0. The second-order valence-corrected chi connectivity index (χ2v) is 6.64. The SMILES string of the molecule is COc1ccc(C(=O)N2CCCC(F)(C(=O)N3CCCC3)C2)cc1F. The van der Waals surface area contributed by atoms with Gasteiger partial charge in [-0.05, 0) is 43.9 Å². The number of hydrogen-bond acceptors (Lipinski definition) is 3. The average Bonchev–Trinajstić information content (AvgIpc) is 3.15. The van der Waals surface area contributed by atoms with Gasteiger partial charge >= 0.3 is 0 Å². The normalized spacial score (nSPS) is 23.6. The number of amides is 2. The quantitative estimate of drug-likeness (QED) is 0.839. The molecule has 25 heavy (non-hydrogen) atoms. The summed E-state index contributed by atoms with van der Waals surface area (Å²) in [5, 5.41) is 0. The van der Waals surface area contributed by atoms with Crippen LogP contribution in [0.1, 0.15) is 36.0 Å². The standard InChI is InChI=1S/C18H22F2N2O3/c1-25-15-6-5-13(11-14(15)19)16(23)22-10-4-7-18(20,12-22)17(24)21-8-2-3-9-21/h5-6,11H,2-4,7-10,12H2,1H3. The molecule has 0 N–H and O–H groups in total. The molecule has 136 valence electrons. The number of benzene rings is 1. The van der Waals surface area contributed by atoms with E-state index in [4.69, 9.17) is 4.74 Å². The van der Waals surface area contributed by atoms with E-state index in [9.17, 15) is 14.0 Å². The predicted molar refractivity (Wildman–Crippen MR) is 87.7 cm³/mol. The highest BCUT2D eigenvalue weighted by Crippen LogP contribution is 2.30. The third kappa shape index (κ3) is 3.45. The molecular formula is C18H22F2N2O3. The summed E-state index contributed by atoms with van der Waals surface area (Å²) in [5.74, 6) is -1.61. The Morgan fingerprint density at radius 1 is 1.12 bits per heavy atom. The molecule has 2 heterocycles. The van der Waals surface area contributed by atoms with Crippen molar-refractivity contribution in [3.05, 3.63) is 29.6 Å². The topological polar surface area (TPSA) is 49.9 Å². The Bertz CT molecular complexity index is 676. The van der Waals surface area contributed by atoms with Crippen LogP contribution in [0.3, 0.4) is 0 Å². The van der Waals surface area contributed by atoms with E-state index in [1.807, 2.05) is 0 Å². The number of rotatable bonds is 3. The van der Waals surface area contributed by atoms with Crippen LogP contribution in [0, 0.1) is 5.82 Å². The minimum Gasteiger partial charge on any atom is -0.494 e. The minimum absolute atomic E-state index is 0.0410. The van der Waals surface area contributed by atoms with Crippen molar-refractivity contribution >= 4 is 11.8 Å². The molecule has 1 unspecified atom stereocenters. The molecule has 2 amide bonds. The number of alkyl halides is 1. The van der Waals surface area contributed by atoms with Gasteiger partial charge in [0.25, 0.3) is 11.8 Å². The number of methoxy groups -OCH3 is 1. The molecule has 0 aliphatic carbocycles. The van der Waals surface area contributed by atoms with Gasteiger partial charge in [0.05, 0.1) is 13.7 Å². The number of nitrogens with zero attached hydrogens (tertiary/aromatic N) is 2. The van der Waals surface area contributed by atoms with E-state index >= 15 is 4.39 Å². The number of halogens is 2. The van der Waals surface area contributed by atoms with Crippen molar-refractivity contribution in [1.82, 2.24) is 9.80 Å². The van der Waals surface area contributed by atoms with Crippen LogP contribution in [0.4, 0.5) is 8.78 Å². The van der Waals surface area contributed by atoms with Gasteiger partial charge in [0.2, 0.25) is 5.67 Å². The van der Waals surface area contributed by atoms with Crippen molar-refractivity contribution in [3.8, 4) is 5.75 Å². The maximum absolute atomic E-state index is 15.3. The zero-order chi connectivity index (χ0) is 18.0. The van der Waals surface area contributed by atoms with Crippen LogP contribution < -0.4 is 4.74 Å². The Kier molecular flexibility index (Phi) is 4.92. The zero-order valence-electron chi connectivity index (χ0n) is 14.3. The third-order valence-electron chi connectivity index (χ3n) is 4.91. The number of ether oxygens (including phenoxy) is 1. The van der Waals surface area contributed by atoms with E-state index in [1.165, 1.54) is 24.1 Å². The van der Waals surface area contributed by atoms with Gasteiger partial charge in [-0.15, -0.1) is 0 Å². The smallest absolute Gasteiger partial charge is 0.262 e. The summed E-state index contributed by atoms with van der Waals surface area (Å²) in [6, 6.07) is 3.89. The first-order chi connectivity index (χ1) is 11.9. The molecule has 0 aromatic heterocycles. The van der Waals surface area contributed by atoms with Crippen molar-refractivity contribution in [2.45, 2.75) is 31.4 Å². The van der Waals surface area contributed by atoms with Gasteiger partial charge in [-0.25, -0.2) is 8.78 Å². The van der Waals surface area contributed by atoms with E-state index in [0.717, 1.165) is 18.9 Å². The lowest BCUT2D eigenvalue weighted by atomic mass is 9.92. The van der Waals surface area contributed by atoms with Crippen molar-refractivity contribution in [3.63, 3.8) is 0 Å². The summed E-state index contributed by atoms with van der Waals surface area (Å²) in [4.78, 5) is 28.0. The largest absolute Gasteiger partial charge is 0.494 e. The Hall–Kier alpha value is -2.18. The fourth-order valence-electron chi connectivity index (χ4n) is 3.54. The average molecular weight is 352 g/mol. The summed E-state index contributed by atoms with van der Waals surface area (Å²) in [6.07, 6.45) is 2.29. The lowest BCUT2D eigenvalue weighted by molar-refractivity contribution is -0.146. The lowest BCUT2D eigenvalue weighted by Gasteiger charge is -2.38. The van der Waals surface area contributed by atoms with Crippen molar-refractivity contribution < 1.29 is 23.1 Å². The molecule has 3 rings (SSSR count). The number of carbonyl (C=O) groups is 2. The van der Waals surface area contributed by atoms with Crippen molar-refractivity contribution in [1.29, 1.82) is 0 Å². The monoisotopic (exact) mass is 352 g/mol. The maximum Gasteiger partial charge on any atom is 0.262 e. The van der Waals surface area contributed by atoms with Gasteiger partial charge in [0.1, 0.15) is 0 Å². The molecule has 1 aromatic rings. The molecule has 0 radical (unpaired) electrons. The van der Waals surface area contributed by atoms with E-state index < -0.39 is 23.3 Å². The maximum atomic E-state index is 15.3. The Labute approximate surface area is 145 Å². The van der Waals surface area contributed by atoms with Crippen LogP contribution in [0.25, 0.3) is 0 Å². The second kappa shape index (κ2) is 6.98. The molecule has 2 saturated heterocycles. The first-order valence-electron chi connectivity index (χ1n) is 8.56. The van der Waals surface area contributed by atoms with Crippen molar-refractivity contribution in [2.75, 3.05) is 33.3 Å². The Morgan fingerprint density at radius 3 is 2.44 bits per heavy atom. The number of carbonyl (C=O) groups excluding carboxylic acids is 2. The summed E-state index contributed by atoms with van der Waals surface area (Å²) in [5.41, 5.74) is -1.93. The second-order valence-electron chi connectivity index (χ2n) is 6.64. The molecule has 7 heteroatoms. The molecule has 0 spiro atoms. The first kappa shape index (κ1) is 17.6. The molecule has 5 nitrogen and oxygen atoms in total. The summed E-state index contributed by atoms with van der Waals surface area (Å²) < 4.78 is 33.9. The number of hydrogen-bond donors (Lipinski definition) is 0. The lowest BCUT2D eigenvalue weighted by Crippen LogP contribution is -2.56. The van der Waals surface area contributed by atoms with Crippen LogP contribution in [0.2, 0.25) is 0 Å². The molecule has 1 atom stereocenters. The molecule has 2 aliphatic heterocycles. The van der Waals surface area contributed by atoms with Gasteiger partial charge in [-0.1, -0.05) is 0 Å². The van der Waals surface area contributed by atoms with Crippen LogP contribution >= 0.6 is 0 Å². The minimum atomic E-state index is -2.05. The highest BCUT2D eigenvalue weighted by molar-refractivity contribution is 5.95. The fraction of sp³-hybridized carbons (Fsp3) is 0.556. The van der Waals surface area contributed by atoms with Gasteiger partial charge in [0, 0.05) is 25.2 Å². The number of likely N-dealkylation sites (tertiary alicyclic amines) is 2. The fourth-order valence-corrected chi connectivity index (χ4v) is 3.54. The molecule has 1 aromatic carbocycles. The van der Waals surface area contributed by atoms with Crippen LogP contribution in [-0.4, -0.2) is 60.6 Å². The predicted octanol–water partition coefficient (Wildman–Crippen LogP) is 2.40. The Balaban J connectivity index is 1.75. The van der Waals surface area contributed by atoms with E-state index in [1.54, 1.807) is 4.90 Å². The van der Waals surface area contributed by atoms with Crippen LogP contribution in [0.5, 0.6) is 5.75 Å². The van der Waals surface area contributed by atoms with Crippen molar-refractivity contribution in [2.24, 2.45) is 0 Å². The van der Waals surface area contributed by atoms with E-state index in [-0.39, 0.29) is 24.3 Å². The van der Waals surface area contributed by atoms with Gasteiger partial charge in [0.15, 0.2) is 11.6 Å². The van der Waals surface area contributed by atoms with Gasteiger partial charge in [-0.2, -0.15) is 0 Å². The van der Waals surface area contributed by atoms with Gasteiger partial charge < -0.3 is 14.5 Å². The molecule has 2 fully saturated rings. The van der Waals surface area contributed by atoms with Crippen LogP contribution in [-0.2, 0) is 4.79 Å². The molecular weight excluding hydrogens is 330 g/mol. The van der Waals surface area contributed by atoms with Crippen LogP contribution in [0.15, 0.2) is 18.2 Å². The highest BCUT2D eigenvalue weighted by atomic mass is 19.1. The van der Waals surface area contributed by atoms with E-state index in [0.29, 0.717) is 26.1 Å². The summed E-state index contributed by atoms with van der Waals surface area (Å²) in [7, 11) is 1.34. The Morgan fingerprint density at radius 2 is 1.80 bits per heavy atom. The molecule has 0 saturated carbocycles. The van der Waals surface area contributed by atoms with E-state index in [2.05, 4.69) is 0 Å². The number of piperidine rings is 1. The molecule has 0 bridgehead atoms. The molecule has 2 aliphatic rings. The van der Waals surface area contributed by atoms with Gasteiger partial charge in [-0.3, -0.25) is 9.59 Å². The highest BCUT2D eigenvalue weighted by Gasteiger charge is 2.46.